The molecule has 1 fully saturated rings. The van der Waals surface area contributed by atoms with Gasteiger partial charge >= 0.3 is 0 Å². The monoisotopic (exact) mass is 249 g/mol. The highest BCUT2D eigenvalue weighted by molar-refractivity contribution is 5.47. The second kappa shape index (κ2) is 5.10. The van der Waals surface area contributed by atoms with Gasteiger partial charge in [0.05, 0.1) is 0 Å². The summed E-state index contributed by atoms with van der Waals surface area (Å²) in [5, 5.41) is 3.39. The smallest absolute Gasteiger partial charge is 0.145 e. The number of aromatic nitrogens is 2. The van der Waals surface area contributed by atoms with Crippen molar-refractivity contribution in [2.45, 2.75) is 45.4 Å². The van der Waals surface area contributed by atoms with Crippen LogP contribution >= 0.6 is 0 Å². The second-order valence-corrected chi connectivity index (χ2v) is 6.03. The molecule has 0 radical (unpaired) electrons. The van der Waals surface area contributed by atoms with Crippen LogP contribution in [0.2, 0.25) is 0 Å². The average Bonchev–Trinajstić information content (AvgIpc) is 2.25. The lowest BCUT2D eigenvalue weighted by Crippen LogP contribution is -2.23. The van der Waals surface area contributed by atoms with Crippen LogP contribution in [-0.2, 0) is 5.41 Å². The summed E-state index contributed by atoms with van der Waals surface area (Å²) in [7, 11) is 0. The molecule has 0 bridgehead atoms. The van der Waals surface area contributed by atoms with Crippen molar-refractivity contribution in [1.29, 1.82) is 0 Å². The van der Waals surface area contributed by atoms with Crippen molar-refractivity contribution in [1.82, 2.24) is 9.97 Å². The number of rotatable bonds is 4. The molecule has 0 unspecified atom stereocenters. The molecule has 0 saturated heterocycles. The molecule has 4 N–H and O–H groups in total. The molecule has 1 saturated carbocycles. The van der Waals surface area contributed by atoms with E-state index in [4.69, 9.17) is 5.84 Å². The molecule has 5 heteroatoms. The number of anilines is 2. The highest BCUT2D eigenvalue weighted by Gasteiger charge is 2.20. The third kappa shape index (κ3) is 3.10. The second-order valence-electron chi connectivity index (χ2n) is 6.03. The van der Waals surface area contributed by atoms with Gasteiger partial charge in [0.1, 0.15) is 17.5 Å². The van der Waals surface area contributed by atoms with Crippen LogP contribution in [0, 0.1) is 5.92 Å². The first kappa shape index (κ1) is 13.1. The summed E-state index contributed by atoms with van der Waals surface area (Å²) in [6, 6.07) is 1.86. The quantitative estimate of drug-likeness (QED) is 0.564. The summed E-state index contributed by atoms with van der Waals surface area (Å²) >= 11 is 0. The first-order valence-electron chi connectivity index (χ1n) is 6.59. The zero-order valence-electron chi connectivity index (χ0n) is 11.5. The summed E-state index contributed by atoms with van der Waals surface area (Å²) < 4.78 is 0. The Kier molecular flexibility index (Phi) is 3.71. The van der Waals surface area contributed by atoms with Crippen LogP contribution in [0.1, 0.15) is 45.9 Å². The predicted octanol–water partition coefficient (Wildman–Crippen LogP) is 2.27. The molecule has 0 spiro atoms. The zero-order chi connectivity index (χ0) is 13.2. The minimum atomic E-state index is -0.0836. The van der Waals surface area contributed by atoms with Crippen molar-refractivity contribution in [2.24, 2.45) is 11.8 Å². The largest absolute Gasteiger partial charge is 0.370 e. The third-order valence-corrected chi connectivity index (χ3v) is 3.34. The number of hydrazine groups is 1. The fourth-order valence-electron chi connectivity index (χ4n) is 1.89. The number of hydrogen-bond donors (Lipinski definition) is 3. The van der Waals surface area contributed by atoms with Crippen molar-refractivity contribution in [3.8, 4) is 0 Å². The molecule has 0 amide bonds. The van der Waals surface area contributed by atoms with Crippen molar-refractivity contribution in [3.05, 3.63) is 11.9 Å². The molecule has 0 atom stereocenters. The topological polar surface area (TPSA) is 75.9 Å². The molecule has 100 valence electrons. The maximum Gasteiger partial charge on any atom is 0.145 e. The minimum absolute atomic E-state index is 0.0836. The van der Waals surface area contributed by atoms with Crippen molar-refractivity contribution >= 4 is 11.6 Å². The maximum absolute atomic E-state index is 5.46. The van der Waals surface area contributed by atoms with Gasteiger partial charge in [-0.2, -0.15) is 0 Å². The maximum atomic E-state index is 5.46. The van der Waals surface area contributed by atoms with Gasteiger partial charge < -0.3 is 10.7 Å². The predicted molar refractivity (Wildman–Crippen MR) is 74.4 cm³/mol. The third-order valence-electron chi connectivity index (χ3n) is 3.34. The van der Waals surface area contributed by atoms with E-state index in [9.17, 15) is 0 Å². The van der Waals surface area contributed by atoms with Gasteiger partial charge in [0.25, 0.3) is 0 Å². The van der Waals surface area contributed by atoms with E-state index < -0.39 is 0 Å². The van der Waals surface area contributed by atoms with Crippen molar-refractivity contribution < 1.29 is 0 Å². The van der Waals surface area contributed by atoms with E-state index in [-0.39, 0.29) is 5.41 Å². The van der Waals surface area contributed by atoms with Gasteiger partial charge in [-0.05, 0) is 18.8 Å². The molecule has 0 aliphatic heterocycles. The first-order chi connectivity index (χ1) is 8.49. The van der Waals surface area contributed by atoms with Crippen LogP contribution in [-0.4, -0.2) is 16.5 Å². The molecule has 1 aromatic heterocycles. The molecule has 5 nitrogen and oxygen atoms in total. The molecule has 1 heterocycles. The minimum Gasteiger partial charge on any atom is -0.370 e. The van der Waals surface area contributed by atoms with Gasteiger partial charge in [0.15, 0.2) is 0 Å². The highest BCUT2D eigenvalue weighted by Crippen LogP contribution is 2.27. The number of nitrogen functional groups attached to an aromatic ring is 1. The van der Waals surface area contributed by atoms with Crippen LogP contribution in [0.4, 0.5) is 11.6 Å². The lowest BCUT2D eigenvalue weighted by atomic mass is 9.85. The van der Waals surface area contributed by atoms with Crippen molar-refractivity contribution in [2.75, 3.05) is 17.3 Å². The Labute approximate surface area is 109 Å². The molecule has 18 heavy (non-hydrogen) atoms. The summed E-state index contributed by atoms with van der Waals surface area (Å²) in [4.78, 5) is 8.96. The van der Waals surface area contributed by atoms with E-state index in [2.05, 4.69) is 41.5 Å². The van der Waals surface area contributed by atoms with E-state index in [1.165, 1.54) is 19.3 Å². The lowest BCUT2D eigenvalue weighted by molar-refractivity contribution is 0.333. The van der Waals surface area contributed by atoms with Gasteiger partial charge in [-0.1, -0.05) is 27.2 Å². The standard InChI is InChI=1S/C13H23N5/c1-13(2,3)12-16-10(7-11(17-12)18-14)15-8-9-5-4-6-9/h7,9H,4-6,8,14H2,1-3H3,(H2,15,16,17,18). The molecule has 1 aliphatic carbocycles. The van der Waals surface area contributed by atoms with Crippen LogP contribution in [0.25, 0.3) is 0 Å². The van der Waals surface area contributed by atoms with E-state index in [0.29, 0.717) is 5.82 Å². The Morgan fingerprint density at radius 2 is 1.94 bits per heavy atom. The van der Waals surface area contributed by atoms with Gasteiger partial charge in [0, 0.05) is 18.0 Å². The fraction of sp³-hybridized carbons (Fsp3) is 0.692. The SMILES string of the molecule is CC(C)(C)c1nc(NN)cc(NCC2CCC2)n1. The van der Waals surface area contributed by atoms with Crippen LogP contribution < -0.4 is 16.6 Å². The lowest BCUT2D eigenvalue weighted by Gasteiger charge is -2.26. The summed E-state index contributed by atoms with van der Waals surface area (Å²) in [6.45, 7) is 7.28. The Balaban J connectivity index is 2.12. The van der Waals surface area contributed by atoms with E-state index in [1.54, 1.807) is 0 Å². The zero-order valence-corrected chi connectivity index (χ0v) is 11.5. The Hall–Kier alpha value is -1.36. The summed E-state index contributed by atoms with van der Waals surface area (Å²) in [6.07, 6.45) is 4.01. The number of nitrogens with one attached hydrogen (secondary N) is 2. The summed E-state index contributed by atoms with van der Waals surface area (Å²) in [5.74, 6) is 8.57. The van der Waals surface area contributed by atoms with Crippen molar-refractivity contribution in [3.63, 3.8) is 0 Å². The number of nitrogens with two attached hydrogens (primary N) is 1. The molecule has 1 aromatic rings. The molecule has 1 aliphatic rings. The molecule has 0 aromatic carbocycles. The van der Waals surface area contributed by atoms with E-state index in [0.717, 1.165) is 24.1 Å². The highest BCUT2D eigenvalue weighted by atomic mass is 15.3. The fourth-order valence-corrected chi connectivity index (χ4v) is 1.89. The first-order valence-corrected chi connectivity index (χ1v) is 6.59. The van der Waals surface area contributed by atoms with E-state index >= 15 is 0 Å². The van der Waals surface area contributed by atoms with Gasteiger partial charge in [-0.25, -0.2) is 15.8 Å². The van der Waals surface area contributed by atoms with Crippen LogP contribution in [0.3, 0.4) is 0 Å². The van der Waals surface area contributed by atoms with Gasteiger partial charge in [-0.3, -0.25) is 0 Å². The Bertz CT molecular complexity index is 406. The van der Waals surface area contributed by atoms with Gasteiger partial charge in [-0.15, -0.1) is 0 Å². The van der Waals surface area contributed by atoms with E-state index in [1.807, 2.05) is 6.07 Å². The molecular weight excluding hydrogens is 226 g/mol. The Morgan fingerprint density at radius 1 is 1.28 bits per heavy atom. The molecule has 2 rings (SSSR count). The Morgan fingerprint density at radius 3 is 2.44 bits per heavy atom. The normalized spacial score (nSPS) is 16.2. The van der Waals surface area contributed by atoms with Crippen LogP contribution in [0.15, 0.2) is 6.07 Å². The summed E-state index contributed by atoms with van der Waals surface area (Å²) in [5.41, 5.74) is 2.52. The molecular formula is C13H23N5. The number of nitrogens with zero attached hydrogens (tertiary/aromatic N) is 2. The van der Waals surface area contributed by atoms with Gasteiger partial charge in [0.2, 0.25) is 0 Å². The number of hydrogen-bond acceptors (Lipinski definition) is 5. The van der Waals surface area contributed by atoms with Crippen LogP contribution in [0.5, 0.6) is 0 Å². The average molecular weight is 249 g/mol.